The lowest BCUT2D eigenvalue weighted by atomic mass is 10.1. The van der Waals surface area contributed by atoms with Crippen LogP contribution in [0.15, 0.2) is 60.7 Å². The largest absolute Gasteiger partial charge is 0.486 e. The molecule has 7 heteroatoms. The molecular weight excluding hydrogens is 441 g/mol. The van der Waals surface area contributed by atoms with Gasteiger partial charge in [0.25, 0.3) is 0 Å². The van der Waals surface area contributed by atoms with E-state index in [2.05, 4.69) is 16.0 Å². The van der Waals surface area contributed by atoms with Crippen molar-refractivity contribution in [3.63, 3.8) is 0 Å². The van der Waals surface area contributed by atoms with Crippen molar-refractivity contribution in [2.75, 3.05) is 0 Å². The lowest BCUT2D eigenvalue weighted by Crippen LogP contribution is -1.97. The first-order valence-electron chi connectivity index (χ1n) is 8.96. The van der Waals surface area contributed by atoms with E-state index in [4.69, 9.17) is 39.5 Å². The van der Waals surface area contributed by atoms with Gasteiger partial charge in [0.05, 0.1) is 26.7 Å². The molecule has 0 atom stereocenters. The molecule has 0 spiro atoms. The molecular formula is C23H14Cl3N3O. The Balaban J connectivity index is 1.60. The summed E-state index contributed by atoms with van der Waals surface area (Å²) in [5.74, 6) is 0.852. The molecule has 30 heavy (non-hydrogen) atoms. The van der Waals surface area contributed by atoms with Gasteiger partial charge in [-0.25, -0.2) is 4.98 Å². The van der Waals surface area contributed by atoms with Gasteiger partial charge in [-0.15, -0.1) is 0 Å². The Labute approximate surface area is 188 Å². The average molecular weight is 455 g/mol. The first kappa shape index (κ1) is 20.3. The number of allylic oxidation sites excluding steroid dienone is 1. The Morgan fingerprint density at radius 2 is 1.80 bits per heavy atom. The highest BCUT2D eigenvalue weighted by Crippen LogP contribution is 2.36. The third kappa shape index (κ3) is 4.44. The van der Waals surface area contributed by atoms with Crippen molar-refractivity contribution < 1.29 is 4.74 Å². The Morgan fingerprint density at radius 1 is 1.03 bits per heavy atom. The van der Waals surface area contributed by atoms with Crippen LogP contribution >= 0.6 is 34.8 Å². The van der Waals surface area contributed by atoms with Crippen LogP contribution in [0.1, 0.15) is 17.0 Å². The average Bonchev–Trinajstić information content (AvgIpc) is 3.15. The molecule has 4 nitrogen and oxygen atoms in total. The Hall–Kier alpha value is -2.97. The molecule has 1 heterocycles. The summed E-state index contributed by atoms with van der Waals surface area (Å²) < 4.78 is 5.79. The minimum Gasteiger partial charge on any atom is -0.486 e. The molecule has 0 aliphatic carbocycles. The van der Waals surface area contributed by atoms with Gasteiger partial charge >= 0.3 is 0 Å². The SMILES string of the molecule is N#C/C(=C\c1cc(Cl)c(OCc2cccc(Cl)c2)c(Cl)c1)c1nc2ccccc2[nH]1. The van der Waals surface area contributed by atoms with E-state index in [1.807, 2.05) is 42.5 Å². The minimum absolute atomic E-state index is 0.275. The molecule has 148 valence electrons. The van der Waals surface area contributed by atoms with E-state index >= 15 is 0 Å². The highest BCUT2D eigenvalue weighted by Gasteiger charge is 2.12. The van der Waals surface area contributed by atoms with Crippen molar-refractivity contribution in [1.29, 1.82) is 5.26 Å². The van der Waals surface area contributed by atoms with Gasteiger partial charge in [-0.2, -0.15) is 5.26 Å². The summed E-state index contributed by atoms with van der Waals surface area (Å²) >= 11 is 18.8. The zero-order valence-corrected chi connectivity index (χ0v) is 17.8. The number of halogens is 3. The van der Waals surface area contributed by atoms with Gasteiger partial charge in [0.15, 0.2) is 5.75 Å². The van der Waals surface area contributed by atoms with E-state index in [1.54, 1.807) is 24.3 Å². The number of hydrogen-bond acceptors (Lipinski definition) is 3. The normalized spacial score (nSPS) is 11.5. The fraction of sp³-hybridized carbons (Fsp3) is 0.0435. The number of H-pyrrole nitrogens is 1. The van der Waals surface area contributed by atoms with Crippen LogP contribution in [-0.4, -0.2) is 9.97 Å². The molecule has 0 unspecified atom stereocenters. The van der Waals surface area contributed by atoms with E-state index < -0.39 is 0 Å². The summed E-state index contributed by atoms with van der Waals surface area (Å²) in [5, 5.41) is 10.9. The van der Waals surface area contributed by atoms with Crippen LogP contribution < -0.4 is 4.74 Å². The van der Waals surface area contributed by atoms with Crippen LogP contribution in [0.3, 0.4) is 0 Å². The van der Waals surface area contributed by atoms with Crippen LogP contribution in [0, 0.1) is 11.3 Å². The molecule has 0 saturated carbocycles. The van der Waals surface area contributed by atoms with Crippen molar-refractivity contribution in [2.24, 2.45) is 0 Å². The fourth-order valence-electron chi connectivity index (χ4n) is 2.98. The zero-order valence-electron chi connectivity index (χ0n) is 15.5. The van der Waals surface area contributed by atoms with Crippen LogP contribution in [0.25, 0.3) is 22.7 Å². The third-order valence-electron chi connectivity index (χ3n) is 4.37. The van der Waals surface area contributed by atoms with Crippen molar-refractivity contribution in [2.45, 2.75) is 6.61 Å². The smallest absolute Gasteiger partial charge is 0.157 e. The van der Waals surface area contributed by atoms with Gasteiger partial charge in [0.2, 0.25) is 0 Å². The van der Waals surface area contributed by atoms with Gasteiger partial charge in [0, 0.05) is 5.02 Å². The lowest BCUT2D eigenvalue weighted by molar-refractivity contribution is 0.306. The highest BCUT2D eigenvalue weighted by molar-refractivity contribution is 6.37. The molecule has 4 rings (SSSR count). The lowest BCUT2D eigenvalue weighted by Gasteiger charge is -2.11. The standard InChI is InChI=1S/C23H14Cl3N3O/c24-17-5-3-4-14(9-17)13-30-22-18(25)10-15(11-19(22)26)8-16(12-27)23-28-20-6-1-2-7-21(20)29-23/h1-11H,13H2,(H,28,29)/b16-8+. The molecule has 1 aromatic heterocycles. The minimum atomic E-state index is 0.275. The Kier molecular flexibility index (Phi) is 5.96. The van der Waals surface area contributed by atoms with Gasteiger partial charge < -0.3 is 9.72 Å². The number of benzene rings is 3. The Morgan fingerprint density at radius 3 is 2.50 bits per heavy atom. The van der Waals surface area contributed by atoms with E-state index in [-0.39, 0.29) is 6.61 Å². The summed E-state index contributed by atoms with van der Waals surface area (Å²) in [6.07, 6.45) is 1.68. The molecule has 0 aliphatic heterocycles. The monoisotopic (exact) mass is 453 g/mol. The molecule has 0 fully saturated rings. The number of para-hydroxylation sites is 2. The summed E-state index contributed by atoms with van der Waals surface area (Å²) in [5.41, 5.74) is 3.57. The first-order valence-corrected chi connectivity index (χ1v) is 10.1. The number of rotatable bonds is 5. The molecule has 4 aromatic rings. The van der Waals surface area contributed by atoms with E-state index in [0.717, 1.165) is 16.6 Å². The van der Waals surface area contributed by atoms with Crippen LogP contribution in [-0.2, 0) is 6.61 Å². The van der Waals surface area contributed by atoms with Crippen molar-refractivity contribution >= 4 is 57.5 Å². The summed E-state index contributed by atoms with van der Waals surface area (Å²) in [7, 11) is 0. The second-order valence-corrected chi connectivity index (χ2v) is 7.76. The Bertz CT molecular complexity index is 1250. The number of imidazole rings is 1. The predicted molar refractivity (Wildman–Crippen MR) is 122 cm³/mol. The van der Waals surface area contributed by atoms with Crippen LogP contribution in [0.2, 0.25) is 15.1 Å². The fourth-order valence-corrected chi connectivity index (χ4v) is 3.81. The molecule has 0 bridgehead atoms. The molecule has 0 aliphatic rings. The molecule has 0 saturated heterocycles. The summed E-state index contributed by atoms with van der Waals surface area (Å²) in [6, 6.07) is 20.5. The maximum absolute atomic E-state index is 9.61. The third-order valence-corrected chi connectivity index (χ3v) is 5.17. The van der Waals surface area contributed by atoms with Gasteiger partial charge in [-0.05, 0) is 53.6 Å². The number of nitrogens with one attached hydrogen (secondary N) is 1. The number of aromatic amines is 1. The highest BCUT2D eigenvalue weighted by atomic mass is 35.5. The maximum atomic E-state index is 9.61. The summed E-state index contributed by atoms with van der Waals surface area (Å²) in [6.45, 7) is 0.275. The second-order valence-electron chi connectivity index (χ2n) is 6.50. The number of fused-ring (bicyclic) bond motifs is 1. The van der Waals surface area contributed by atoms with E-state index in [0.29, 0.717) is 37.8 Å². The van der Waals surface area contributed by atoms with Crippen molar-refractivity contribution in [1.82, 2.24) is 9.97 Å². The van der Waals surface area contributed by atoms with E-state index in [9.17, 15) is 5.26 Å². The molecule has 1 N–H and O–H groups in total. The summed E-state index contributed by atoms with van der Waals surface area (Å²) in [4.78, 5) is 7.61. The van der Waals surface area contributed by atoms with Gasteiger partial charge in [-0.1, -0.05) is 59.1 Å². The zero-order chi connectivity index (χ0) is 21.1. The molecule has 3 aromatic carbocycles. The first-order chi connectivity index (χ1) is 14.5. The quantitative estimate of drug-likeness (QED) is 0.325. The number of nitriles is 1. The topological polar surface area (TPSA) is 61.7 Å². The number of nitrogens with zero attached hydrogens (tertiary/aromatic N) is 2. The van der Waals surface area contributed by atoms with Crippen molar-refractivity contribution in [3.8, 4) is 11.8 Å². The van der Waals surface area contributed by atoms with Crippen LogP contribution in [0.4, 0.5) is 0 Å². The number of ether oxygens (including phenoxy) is 1. The van der Waals surface area contributed by atoms with E-state index in [1.165, 1.54) is 0 Å². The number of aromatic nitrogens is 2. The van der Waals surface area contributed by atoms with Crippen LogP contribution in [0.5, 0.6) is 5.75 Å². The number of hydrogen-bond donors (Lipinski definition) is 1. The second kappa shape index (κ2) is 8.81. The maximum Gasteiger partial charge on any atom is 0.157 e. The van der Waals surface area contributed by atoms with Crippen molar-refractivity contribution in [3.05, 3.63) is 92.7 Å². The molecule has 0 amide bonds. The van der Waals surface area contributed by atoms with Gasteiger partial charge in [0.1, 0.15) is 18.5 Å². The van der Waals surface area contributed by atoms with Gasteiger partial charge in [-0.3, -0.25) is 0 Å². The molecule has 0 radical (unpaired) electrons. The predicted octanol–water partition coefficient (Wildman–Crippen LogP) is 7.17.